The van der Waals surface area contributed by atoms with Gasteiger partial charge in [-0.25, -0.2) is 0 Å². The van der Waals surface area contributed by atoms with Crippen LogP contribution in [0.15, 0.2) is 84.0 Å². The van der Waals surface area contributed by atoms with Gasteiger partial charge in [-0.3, -0.25) is 4.79 Å². The lowest BCUT2D eigenvalue weighted by atomic mass is 10.0. The van der Waals surface area contributed by atoms with E-state index in [1.807, 2.05) is 60.7 Å². The molecule has 2 heterocycles. The molecule has 1 aliphatic heterocycles. The van der Waals surface area contributed by atoms with Crippen molar-refractivity contribution in [2.75, 3.05) is 11.9 Å². The fourth-order valence-corrected chi connectivity index (χ4v) is 3.22. The zero-order chi connectivity index (χ0) is 18.6. The summed E-state index contributed by atoms with van der Waals surface area (Å²) in [7, 11) is 0. The summed E-state index contributed by atoms with van der Waals surface area (Å²) in [4.78, 5) is 15.0. The van der Waals surface area contributed by atoms with Crippen LogP contribution in [0.5, 0.6) is 5.75 Å². The molecule has 1 aromatic heterocycles. The minimum atomic E-state index is -0.329. The average Bonchev–Trinajstić information content (AvgIpc) is 3.22. The van der Waals surface area contributed by atoms with Crippen LogP contribution in [-0.4, -0.2) is 17.4 Å². The Morgan fingerprint density at radius 2 is 2.04 bits per heavy atom. The molecule has 5 heteroatoms. The van der Waals surface area contributed by atoms with Crippen molar-refractivity contribution < 1.29 is 13.9 Å². The second kappa shape index (κ2) is 7.41. The second-order valence-electron chi connectivity index (χ2n) is 6.28. The summed E-state index contributed by atoms with van der Waals surface area (Å²) in [6, 6.07) is 19.0. The van der Waals surface area contributed by atoms with Crippen LogP contribution in [0.25, 0.3) is 0 Å². The third-order valence-corrected chi connectivity index (χ3v) is 4.47. The maximum Gasteiger partial charge on any atom is 0.258 e. The zero-order valence-corrected chi connectivity index (χ0v) is 14.8. The van der Waals surface area contributed by atoms with Crippen LogP contribution in [0, 0.1) is 0 Å². The minimum absolute atomic E-state index is 0.0387. The van der Waals surface area contributed by atoms with Crippen molar-refractivity contribution in [2.45, 2.75) is 12.7 Å². The van der Waals surface area contributed by atoms with Crippen LogP contribution in [-0.2, 0) is 6.54 Å². The van der Waals surface area contributed by atoms with Gasteiger partial charge in [-0.05, 0) is 42.0 Å². The van der Waals surface area contributed by atoms with Gasteiger partial charge in [-0.1, -0.05) is 36.9 Å². The summed E-state index contributed by atoms with van der Waals surface area (Å²) < 4.78 is 11.1. The number of amides is 1. The molecule has 136 valence electrons. The van der Waals surface area contributed by atoms with Crippen LogP contribution in [0.3, 0.4) is 0 Å². The first-order valence-electron chi connectivity index (χ1n) is 8.79. The number of carbonyl (C=O) groups is 1. The van der Waals surface area contributed by atoms with Crippen molar-refractivity contribution in [1.82, 2.24) is 4.90 Å². The smallest absolute Gasteiger partial charge is 0.258 e. The molecule has 5 nitrogen and oxygen atoms in total. The van der Waals surface area contributed by atoms with E-state index in [9.17, 15) is 4.79 Å². The van der Waals surface area contributed by atoms with Crippen LogP contribution >= 0.6 is 0 Å². The summed E-state index contributed by atoms with van der Waals surface area (Å²) in [5, 5.41) is 3.48. The molecule has 0 bridgehead atoms. The van der Waals surface area contributed by atoms with Crippen molar-refractivity contribution >= 4 is 11.6 Å². The van der Waals surface area contributed by atoms with E-state index in [-0.39, 0.29) is 12.1 Å². The Hall–Kier alpha value is -3.47. The molecule has 1 N–H and O–H groups in total. The molecule has 1 unspecified atom stereocenters. The Morgan fingerprint density at radius 3 is 2.85 bits per heavy atom. The first-order chi connectivity index (χ1) is 13.3. The molecular formula is C22H20N2O3. The number of carbonyl (C=O) groups excluding carboxylic acids is 1. The lowest BCUT2D eigenvalue weighted by molar-refractivity contribution is 0.0651. The van der Waals surface area contributed by atoms with Gasteiger partial charge in [0.2, 0.25) is 0 Å². The maximum absolute atomic E-state index is 13.2. The van der Waals surface area contributed by atoms with Crippen molar-refractivity contribution in [3.8, 4) is 5.75 Å². The van der Waals surface area contributed by atoms with Crippen molar-refractivity contribution in [1.29, 1.82) is 0 Å². The lowest BCUT2D eigenvalue weighted by Gasteiger charge is -2.37. The summed E-state index contributed by atoms with van der Waals surface area (Å²) in [5.41, 5.74) is 2.41. The third kappa shape index (κ3) is 3.44. The number of furan rings is 1. The van der Waals surface area contributed by atoms with Crippen molar-refractivity contribution in [3.05, 3.63) is 96.5 Å². The number of hydrogen-bond donors (Lipinski definition) is 1. The van der Waals surface area contributed by atoms with Crippen LogP contribution < -0.4 is 10.1 Å². The van der Waals surface area contributed by atoms with E-state index in [0.717, 1.165) is 22.8 Å². The molecule has 1 atom stereocenters. The van der Waals surface area contributed by atoms with Crippen molar-refractivity contribution in [3.63, 3.8) is 0 Å². The summed E-state index contributed by atoms with van der Waals surface area (Å²) >= 11 is 0. The molecule has 0 spiro atoms. The Bertz CT molecular complexity index is 950. The molecule has 0 saturated heterocycles. The van der Waals surface area contributed by atoms with E-state index in [1.54, 1.807) is 17.2 Å². The molecule has 4 rings (SSSR count). The zero-order valence-electron chi connectivity index (χ0n) is 14.8. The number of hydrogen-bond acceptors (Lipinski definition) is 4. The first-order valence-corrected chi connectivity index (χ1v) is 8.79. The van der Waals surface area contributed by atoms with Gasteiger partial charge < -0.3 is 19.4 Å². The lowest BCUT2D eigenvalue weighted by Crippen LogP contribution is -2.42. The third-order valence-electron chi connectivity index (χ3n) is 4.47. The predicted octanol–water partition coefficient (Wildman–Crippen LogP) is 4.61. The highest BCUT2D eigenvalue weighted by Gasteiger charge is 2.33. The number of anilines is 1. The molecule has 1 aliphatic rings. The number of ether oxygens (including phenoxy) is 1. The van der Waals surface area contributed by atoms with Gasteiger partial charge in [-0.15, -0.1) is 0 Å². The monoisotopic (exact) mass is 360 g/mol. The standard InChI is InChI=1S/C22H20N2O3/c1-2-12-26-17-8-5-7-16(14-17)21-23-20-11-4-3-10-19(20)22(25)24(21)15-18-9-6-13-27-18/h2-11,13-14,21,23H,1,12,15H2. The fourth-order valence-electron chi connectivity index (χ4n) is 3.22. The molecule has 1 amide bonds. The Morgan fingerprint density at radius 1 is 1.15 bits per heavy atom. The quantitative estimate of drug-likeness (QED) is 0.652. The van der Waals surface area contributed by atoms with E-state index >= 15 is 0 Å². The van der Waals surface area contributed by atoms with Gasteiger partial charge in [0.25, 0.3) is 5.91 Å². The summed E-state index contributed by atoms with van der Waals surface area (Å²) in [6.07, 6.45) is 2.99. The highest BCUT2D eigenvalue weighted by molar-refractivity contribution is 6.01. The molecule has 2 aromatic carbocycles. The van der Waals surface area contributed by atoms with E-state index in [4.69, 9.17) is 9.15 Å². The molecule has 0 saturated carbocycles. The molecule has 3 aromatic rings. The minimum Gasteiger partial charge on any atom is -0.490 e. The van der Waals surface area contributed by atoms with E-state index in [0.29, 0.717) is 18.7 Å². The highest BCUT2D eigenvalue weighted by atomic mass is 16.5. The molecule has 0 radical (unpaired) electrons. The number of benzene rings is 2. The van der Waals surface area contributed by atoms with Crippen LogP contribution in [0.2, 0.25) is 0 Å². The number of nitrogens with one attached hydrogen (secondary N) is 1. The van der Waals surface area contributed by atoms with Gasteiger partial charge in [-0.2, -0.15) is 0 Å². The van der Waals surface area contributed by atoms with Gasteiger partial charge in [0.1, 0.15) is 24.3 Å². The van der Waals surface area contributed by atoms with Gasteiger partial charge in [0, 0.05) is 5.69 Å². The first kappa shape index (κ1) is 17.0. The molecule has 0 fully saturated rings. The van der Waals surface area contributed by atoms with Gasteiger partial charge in [0.05, 0.1) is 18.4 Å². The molecule has 27 heavy (non-hydrogen) atoms. The van der Waals surface area contributed by atoms with E-state index < -0.39 is 0 Å². The SMILES string of the molecule is C=CCOc1cccc(C2Nc3ccccc3C(=O)N2Cc2ccco2)c1. The molecule has 0 aliphatic carbocycles. The Balaban J connectivity index is 1.71. The Labute approximate surface area is 157 Å². The molecular weight excluding hydrogens is 340 g/mol. The van der Waals surface area contributed by atoms with E-state index in [1.165, 1.54) is 0 Å². The number of fused-ring (bicyclic) bond motifs is 1. The van der Waals surface area contributed by atoms with Gasteiger partial charge in [0.15, 0.2) is 0 Å². The van der Waals surface area contributed by atoms with E-state index in [2.05, 4.69) is 11.9 Å². The van der Waals surface area contributed by atoms with Crippen LogP contribution in [0.1, 0.15) is 27.8 Å². The fraction of sp³-hybridized carbons (Fsp3) is 0.136. The topological polar surface area (TPSA) is 54.7 Å². The second-order valence-corrected chi connectivity index (χ2v) is 6.28. The number of para-hydroxylation sites is 1. The summed E-state index contributed by atoms with van der Waals surface area (Å²) in [5.74, 6) is 1.43. The maximum atomic E-state index is 13.2. The van der Waals surface area contributed by atoms with Crippen LogP contribution in [0.4, 0.5) is 5.69 Å². The average molecular weight is 360 g/mol. The highest BCUT2D eigenvalue weighted by Crippen LogP contribution is 2.35. The van der Waals surface area contributed by atoms with Gasteiger partial charge >= 0.3 is 0 Å². The largest absolute Gasteiger partial charge is 0.490 e. The number of rotatable bonds is 6. The summed E-state index contributed by atoms with van der Waals surface area (Å²) in [6.45, 7) is 4.48. The Kier molecular flexibility index (Phi) is 4.66. The number of nitrogens with zero attached hydrogens (tertiary/aromatic N) is 1. The van der Waals surface area contributed by atoms with Crippen molar-refractivity contribution in [2.24, 2.45) is 0 Å². The predicted molar refractivity (Wildman–Crippen MR) is 104 cm³/mol. The normalized spacial score (nSPS) is 15.8.